The number of nitriles is 1. The summed E-state index contributed by atoms with van der Waals surface area (Å²) in [6.07, 6.45) is 0. The van der Waals surface area contributed by atoms with Crippen molar-refractivity contribution in [3.8, 4) is 6.07 Å². The SMILES string of the molecule is Cc1ccc(Cl)c(C)c1C#N. The van der Waals surface area contributed by atoms with E-state index in [-0.39, 0.29) is 0 Å². The third-order valence-corrected chi connectivity index (χ3v) is 2.13. The van der Waals surface area contributed by atoms with Crippen LogP contribution < -0.4 is 0 Å². The summed E-state index contributed by atoms with van der Waals surface area (Å²) in [6, 6.07) is 5.79. The number of nitrogens with zero attached hydrogens (tertiary/aromatic N) is 1. The lowest BCUT2D eigenvalue weighted by molar-refractivity contribution is 1.32. The zero-order chi connectivity index (χ0) is 8.43. The molecule has 2 heteroatoms. The van der Waals surface area contributed by atoms with E-state index in [1.54, 1.807) is 0 Å². The first-order chi connectivity index (χ1) is 5.16. The van der Waals surface area contributed by atoms with Crippen LogP contribution in [0.15, 0.2) is 12.1 Å². The first-order valence-corrected chi connectivity index (χ1v) is 3.70. The molecule has 0 aliphatic carbocycles. The van der Waals surface area contributed by atoms with Crippen LogP contribution in [0.2, 0.25) is 5.02 Å². The predicted molar refractivity (Wildman–Crippen MR) is 45.6 cm³/mol. The highest BCUT2D eigenvalue weighted by Crippen LogP contribution is 2.20. The van der Waals surface area contributed by atoms with Gasteiger partial charge in [-0.05, 0) is 31.0 Å². The monoisotopic (exact) mass is 165 g/mol. The van der Waals surface area contributed by atoms with Gasteiger partial charge in [0.2, 0.25) is 0 Å². The quantitative estimate of drug-likeness (QED) is 0.580. The van der Waals surface area contributed by atoms with Crippen molar-refractivity contribution in [3.05, 3.63) is 33.8 Å². The van der Waals surface area contributed by atoms with E-state index in [1.165, 1.54) is 0 Å². The maximum atomic E-state index is 8.72. The maximum Gasteiger partial charge on any atom is 0.0997 e. The second-order valence-electron chi connectivity index (χ2n) is 2.48. The van der Waals surface area contributed by atoms with Gasteiger partial charge >= 0.3 is 0 Å². The Morgan fingerprint density at radius 1 is 1.36 bits per heavy atom. The summed E-state index contributed by atoms with van der Waals surface area (Å²) in [5.41, 5.74) is 2.54. The van der Waals surface area contributed by atoms with Crippen LogP contribution in [0.3, 0.4) is 0 Å². The van der Waals surface area contributed by atoms with Crippen LogP contribution in [-0.2, 0) is 0 Å². The number of aryl methyl sites for hydroxylation is 1. The van der Waals surface area contributed by atoms with E-state index in [0.717, 1.165) is 11.1 Å². The van der Waals surface area contributed by atoms with Crippen molar-refractivity contribution in [3.63, 3.8) is 0 Å². The van der Waals surface area contributed by atoms with Gasteiger partial charge in [0.15, 0.2) is 0 Å². The number of hydrogen-bond donors (Lipinski definition) is 0. The van der Waals surface area contributed by atoms with Gasteiger partial charge in [-0.3, -0.25) is 0 Å². The Hall–Kier alpha value is -1.00. The van der Waals surface area contributed by atoms with Crippen molar-refractivity contribution in [1.29, 1.82) is 5.26 Å². The summed E-state index contributed by atoms with van der Waals surface area (Å²) in [4.78, 5) is 0. The number of hydrogen-bond acceptors (Lipinski definition) is 1. The van der Waals surface area contributed by atoms with Gasteiger partial charge in [0.05, 0.1) is 11.6 Å². The molecule has 0 heterocycles. The Morgan fingerprint density at radius 2 is 2.00 bits per heavy atom. The molecule has 0 aliphatic rings. The van der Waals surface area contributed by atoms with Gasteiger partial charge in [0.1, 0.15) is 0 Å². The molecule has 0 saturated carbocycles. The molecule has 1 nitrogen and oxygen atoms in total. The van der Waals surface area contributed by atoms with Crippen LogP contribution in [0.25, 0.3) is 0 Å². The molecular weight excluding hydrogens is 158 g/mol. The van der Waals surface area contributed by atoms with E-state index in [9.17, 15) is 0 Å². The summed E-state index contributed by atoms with van der Waals surface area (Å²) in [6.45, 7) is 3.76. The van der Waals surface area contributed by atoms with Crippen molar-refractivity contribution in [2.45, 2.75) is 13.8 Å². The van der Waals surface area contributed by atoms with Gasteiger partial charge in [0.25, 0.3) is 0 Å². The molecule has 0 aromatic heterocycles. The summed E-state index contributed by atoms with van der Waals surface area (Å²) < 4.78 is 0. The van der Waals surface area contributed by atoms with Crippen LogP contribution in [0.1, 0.15) is 16.7 Å². The van der Waals surface area contributed by atoms with E-state index >= 15 is 0 Å². The third kappa shape index (κ3) is 1.36. The van der Waals surface area contributed by atoms with E-state index in [4.69, 9.17) is 16.9 Å². The molecule has 0 atom stereocenters. The normalized spacial score (nSPS) is 9.27. The van der Waals surface area contributed by atoms with E-state index in [1.807, 2.05) is 26.0 Å². The fraction of sp³-hybridized carbons (Fsp3) is 0.222. The standard InChI is InChI=1S/C9H8ClN/c1-6-3-4-9(10)7(2)8(6)5-11/h3-4H,1-2H3. The minimum Gasteiger partial charge on any atom is -0.192 e. The number of rotatable bonds is 0. The molecule has 0 radical (unpaired) electrons. The molecule has 0 bridgehead atoms. The van der Waals surface area contributed by atoms with Crippen molar-refractivity contribution in [2.75, 3.05) is 0 Å². The second kappa shape index (κ2) is 2.94. The van der Waals surface area contributed by atoms with Crippen molar-refractivity contribution < 1.29 is 0 Å². The molecule has 1 aromatic rings. The van der Waals surface area contributed by atoms with Gasteiger partial charge in [0, 0.05) is 5.02 Å². The van der Waals surface area contributed by atoms with E-state index < -0.39 is 0 Å². The van der Waals surface area contributed by atoms with Gasteiger partial charge in [-0.25, -0.2) is 0 Å². The highest BCUT2D eigenvalue weighted by atomic mass is 35.5. The Kier molecular flexibility index (Phi) is 2.16. The zero-order valence-electron chi connectivity index (χ0n) is 6.48. The van der Waals surface area contributed by atoms with Crippen molar-refractivity contribution in [2.24, 2.45) is 0 Å². The average molecular weight is 166 g/mol. The lowest BCUT2D eigenvalue weighted by Crippen LogP contribution is -1.87. The van der Waals surface area contributed by atoms with Crippen LogP contribution in [0, 0.1) is 25.2 Å². The molecule has 56 valence electrons. The molecule has 0 amide bonds. The molecule has 11 heavy (non-hydrogen) atoms. The van der Waals surface area contributed by atoms with Crippen LogP contribution in [-0.4, -0.2) is 0 Å². The Labute approximate surface area is 71.2 Å². The average Bonchev–Trinajstić information content (AvgIpc) is 1.99. The van der Waals surface area contributed by atoms with Gasteiger partial charge < -0.3 is 0 Å². The maximum absolute atomic E-state index is 8.72. The summed E-state index contributed by atoms with van der Waals surface area (Å²) >= 11 is 5.81. The Morgan fingerprint density at radius 3 is 2.45 bits per heavy atom. The summed E-state index contributed by atoms with van der Waals surface area (Å²) in [7, 11) is 0. The largest absolute Gasteiger partial charge is 0.192 e. The fourth-order valence-corrected chi connectivity index (χ4v) is 1.15. The van der Waals surface area contributed by atoms with E-state index in [0.29, 0.717) is 10.6 Å². The molecular formula is C9H8ClN. The smallest absolute Gasteiger partial charge is 0.0997 e. The minimum atomic E-state index is 0.659. The molecule has 0 saturated heterocycles. The minimum absolute atomic E-state index is 0.659. The lowest BCUT2D eigenvalue weighted by atomic mass is 10.0. The summed E-state index contributed by atoms with van der Waals surface area (Å²) in [5.74, 6) is 0. The van der Waals surface area contributed by atoms with Gasteiger partial charge in [-0.1, -0.05) is 17.7 Å². The lowest BCUT2D eigenvalue weighted by Gasteiger charge is -2.02. The van der Waals surface area contributed by atoms with Gasteiger partial charge in [-0.15, -0.1) is 0 Å². The molecule has 1 aromatic carbocycles. The molecule has 0 spiro atoms. The van der Waals surface area contributed by atoms with Gasteiger partial charge in [-0.2, -0.15) is 5.26 Å². The molecule has 0 unspecified atom stereocenters. The number of benzene rings is 1. The first kappa shape index (κ1) is 8.10. The second-order valence-corrected chi connectivity index (χ2v) is 2.88. The first-order valence-electron chi connectivity index (χ1n) is 3.32. The van der Waals surface area contributed by atoms with Crippen LogP contribution in [0.5, 0.6) is 0 Å². The molecule has 1 rings (SSSR count). The highest BCUT2D eigenvalue weighted by molar-refractivity contribution is 6.31. The number of halogens is 1. The van der Waals surface area contributed by atoms with E-state index in [2.05, 4.69) is 6.07 Å². The van der Waals surface area contributed by atoms with Crippen molar-refractivity contribution >= 4 is 11.6 Å². The molecule has 0 N–H and O–H groups in total. The molecule has 0 aliphatic heterocycles. The zero-order valence-corrected chi connectivity index (χ0v) is 7.24. The summed E-state index contributed by atoms with van der Waals surface area (Å²) in [5, 5.41) is 9.37. The highest BCUT2D eigenvalue weighted by Gasteiger charge is 2.03. The molecule has 0 fully saturated rings. The predicted octanol–water partition coefficient (Wildman–Crippen LogP) is 2.83. The van der Waals surface area contributed by atoms with Crippen LogP contribution >= 0.6 is 11.6 Å². The fourth-order valence-electron chi connectivity index (χ4n) is 0.994. The Balaban J connectivity index is 3.44. The third-order valence-electron chi connectivity index (χ3n) is 1.72. The van der Waals surface area contributed by atoms with Crippen LogP contribution in [0.4, 0.5) is 0 Å². The van der Waals surface area contributed by atoms with Crippen molar-refractivity contribution in [1.82, 2.24) is 0 Å². The topological polar surface area (TPSA) is 23.8 Å². The Bertz CT molecular complexity index is 323.